The van der Waals surface area contributed by atoms with Gasteiger partial charge in [0.1, 0.15) is 11.6 Å². The summed E-state index contributed by atoms with van der Waals surface area (Å²) in [5, 5.41) is 2.98. The van der Waals surface area contributed by atoms with E-state index in [4.69, 9.17) is 10.5 Å². The topological polar surface area (TPSA) is 84.7 Å². The van der Waals surface area contributed by atoms with Gasteiger partial charge in [-0.3, -0.25) is 4.79 Å². The monoisotopic (exact) mass is 397 g/mol. The summed E-state index contributed by atoms with van der Waals surface area (Å²) in [5.41, 5.74) is 6.51. The lowest BCUT2D eigenvalue weighted by atomic mass is 10.1. The predicted octanol–water partition coefficient (Wildman–Crippen LogP) is 4.10. The second-order valence-corrected chi connectivity index (χ2v) is 7.61. The summed E-state index contributed by atoms with van der Waals surface area (Å²) >= 11 is 0. The van der Waals surface area contributed by atoms with Crippen molar-refractivity contribution < 1.29 is 18.7 Å². The largest absolute Gasteiger partial charge is 0.397 e. The number of nitrogen functional groups attached to an aromatic ring is 1. The van der Waals surface area contributed by atoms with Gasteiger partial charge in [-0.05, 0) is 60.1 Å². The summed E-state index contributed by atoms with van der Waals surface area (Å²) < 4.78 is 20.0. The minimum absolute atomic E-state index is 0.00152. The third-order valence-electron chi connectivity index (χ3n) is 3.41. The summed E-state index contributed by atoms with van der Waals surface area (Å²) in [4.78, 5) is 23.7. The van der Waals surface area contributed by atoms with Gasteiger partial charge in [0.25, 0.3) is 5.91 Å². The van der Waals surface area contributed by atoms with Gasteiger partial charge < -0.3 is 25.5 Å². The maximum atomic E-state index is 14.3. The Hall–Kier alpha value is -2.15. The minimum atomic E-state index is -0.567. The van der Waals surface area contributed by atoms with Crippen LogP contribution >= 0.6 is 0 Å². The number of carbonyl (C=O) groups is 2. The normalized spacial score (nSPS) is 10.7. The number of amides is 1. The molecule has 0 bridgehead atoms. The van der Waals surface area contributed by atoms with Crippen LogP contribution in [0.2, 0.25) is 0 Å². The Labute approximate surface area is 168 Å². The van der Waals surface area contributed by atoms with Crippen LogP contribution in [0.25, 0.3) is 0 Å². The van der Waals surface area contributed by atoms with Crippen molar-refractivity contribution in [2.24, 2.45) is 0 Å². The van der Waals surface area contributed by atoms with Crippen LogP contribution in [0.5, 0.6) is 0 Å². The number of halogens is 1. The van der Waals surface area contributed by atoms with Gasteiger partial charge in [0.05, 0.1) is 29.1 Å². The van der Waals surface area contributed by atoms with Crippen LogP contribution in [0, 0.1) is 5.82 Å². The van der Waals surface area contributed by atoms with E-state index in [0.29, 0.717) is 37.6 Å². The highest BCUT2D eigenvalue weighted by atomic mass is 19.1. The predicted molar refractivity (Wildman–Crippen MR) is 113 cm³/mol. The van der Waals surface area contributed by atoms with Crippen molar-refractivity contribution >= 4 is 23.1 Å². The van der Waals surface area contributed by atoms with E-state index in [1.807, 2.05) is 34.6 Å². The molecule has 160 valence electrons. The Morgan fingerprint density at radius 1 is 1.18 bits per heavy atom. The molecule has 1 amide bonds. The van der Waals surface area contributed by atoms with Gasteiger partial charge in [-0.15, -0.1) is 0 Å². The first kappa shape index (κ1) is 25.9. The van der Waals surface area contributed by atoms with Crippen LogP contribution in [-0.2, 0) is 9.53 Å². The van der Waals surface area contributed by atoms with E-state index < -0.39 is 5.82 Å². The maximum absolute atomic E-state index is 14.3. The molecular formula is C21H36FN3O3. The van der Waals surface area contributed by atoms with Crippen LogP contribution in [0.4, 0.5) is 15.8 Å². The molecule has 0 radical (unpaired) electrons. The molecular weight excluding hydrogens is 361 g/mol. The van der Waals surface area contributed by atoms with Gasteiger partial charge in [0, 0.05) is 19.6 Å². The highest BCUT2D eigenvalue weighted by Crippen LogP contribution is 2.24. The van der Waals surface area contributed by atoms with Gasteiger partial charge in [-0.2, -0.15) is 0 Å². The van der Waals surface area contributed by atoms with E-state index in [-0.39, 0.29) is 22.9 Å². The molecule has 1 aromatic rings. The van der Waals surface area contributed by atoms with Gasteiger partial charge >= 0.3 is 0 Å². The zero-order chi connectivity index (χ0) is 21.9. The van der Waals surface area contributed by atoms with Crippen molar-refractivity contribution in [3.8, 4) is 0 Å². The number of anilines is 2. The van der Waals surface area contributed by atoms with Crippen LogP contribution in [0.15, 0.2) is 12.1 Å². The summed E-state index contributed by atoms with van der Waals surface area (Å²) in [6, 6.07) is 2.69. The summed E-state index contributed by atoms with van der Waals surface area (Å²) in [5.74, 6) is -0.760. The molecule has 1 aromatic carbocycles. The number of nitrogens with one attached hydrogen (secondary N) is 1. The Bertz CT molecular complexity index is 639. The molecule has 0 spiro atoms. The number of rotatable bonds is 8. The van der Waals surface area contributed by atoms with Crippen molar-refractivity contribution in [2.75, 3.05) is 37.3 Å². The first-order valence-corrected chi connectivity index (χ1v) is 9.66. The first-order chi connectivity index (χ1) is 12.9. The highest BCUT2D eigenvalue weighted by Gasteiger charge is 2.21. The van der Waals surface area contributed by atoms with E-state index in [2.05, 4.69) is 5.32 Å². The molecule has 3 N–H and O–H groups in total. The summed E-state index contributed by atoms with van der Waals surface area (Å²) in [6.07, 6.45) is 0.786. The molecule has 0 saturated heterocycles. The molecule has 0 aliphatic carbocycles. The molecule has 0 aliphatic rings. The van der Waals surface area contributed by atoms with E-state index >= 15 is 0 Å². The van der Waals surface area contributed by atoms with Crippen molar-refractivity contribution in [3.63, 3.8) is 0 Å². The number of ether oxygens (including phenoxy) is 1. The standard InChI is InChI=1S/C18H30FN3O2.C3H6O/c1-6-8-22(9-10-24-18(3,4)5)17(23)13-11-15(20)16(21-7-2)12-14(13)19;1-3(2)4/h11-12,21H,6-10,20H2,1-5H3;1-2H3. The number of benzene rings is 1. The molecule has 7 heteroatoms. The minimum Gasteiger partial charge on any atom is -0.397 e. The molecule has 0 atom stereocenters. The van der Waals surface area contributed by atoms with E-state index in [1.54, 1.807) is 4.90 Å². The molecule has 28 heavy (non-hydrogen) atoms. The Morgan fingerprint density at radius 3 is 2.21 bits per heavy atom. The van der Waals surface area contributed by atoms with Crippen LogP contribution in [0.3, 0.4) is 0 Å². The number of hydrogen-bond acceptors (Lipinski definition) is 5. The SMILES string of the molecule is CC(C)=O.CCCN(CCOC(C)(C)C)C(=O)c1cc(N)c(NCC)cc1F. The van der Waals surface area contributed by atoms with Crippen molar-refractivity contribution in [1.82, 2.24) is 4.90 Å². The zero-order valence-electron chi connectivity index (χ0n) is 18.3. The number of ketones is 1. The van der Waals surface area contributed by atoms with E-state index in [9.17, 15) is 14.0 Å². The lowest BCUT2D eigenvalue weighted by Crippen LogP contribution is -2.36. The van der Waals surface area contributed by atoms with E-state index in [0.717, 1.165) is 6.42 Å². The number of Topliss-reactive ketones (excluding diaryl/α,β-unsaturated/α-hetero) is 1. The second-order valence-electron chi connectivity index (χ2n) is 7.61. The van der Waals surface area contributed by atoms with Crippen molar-refractivity contribution in [3.05, 3.63) is 23.5 Å². The van der Waals surface area contributed by atoms with Crippen molar-refractivity contribution in [1.29, 1.82) is 0 Å². The Kier molecular flexibility index (Phi) is 11.4. The fourth-order valence-electron chi connectivity index (χ4n) is 2.31. The lowest BCUT2D eigenvalue weighted by Gasteiger charge is -2.26. The Morgan fingerprint density at radius 2 is 1.75 bits per heavy atom. The van der Waals surface area contributed by atoms with Crippen LogP contribution < -0.4 is 11.1 Å². The summed E-state index contributed by atoms with van der Waals surface area (Å²) in [6.45, 7) is 14.8. The quantitative estimate of drug-likeness (QED) is 0.645. The highest BCUT2D eigenvalue weighted by molar-refractivity contribution is 5.96. The smallest absolute Gasteiger partial charge is 0.256 e. The number of hydrogen-bond donors (Lipinski definition) is 2. The Balaban J connectivity index is 0.00000165. The second kappa shape index (κ2) is 12.3. The van der Waals surface area contributed by atoms with Gasteiger partial charge in [0.2, 0.25) is 0 Å². The first-order valence-electron chi connectivity index (χ1n) is 9.66. The lowest BCUT2D eigenvalue weighted by molar-refractivity contribution is -0.115. The van der Waals surface area contributed by atoms with Gasteiger partial charge in [-0.25, -0.2) is 4.39 Å². The average molecular weight is 398 g/mol. The maximum Gasteiger partial charge on any atom is 0.256 e. The number of nitrogens with zero attached hydrogens (tertiary/aromatic N) is 1. The molecule has 0 aromatic heterocycles. The summed E-state index contributed by atoms with van der Waals surface area (Å²) in [7, 11) is 0. The van der Waals surface area contributed by atoms with E-state index in [1.165, 1.54) is 26.0 Å². The number of nitrogens with two attached hydrogens (primary N) is 1. The third-order valence-corrected chi connectivity index (χ3v) is 3.41. The molecule has 0 aliphatic heterocycles. The van der Waals surface area contributed by atoms with Gasteiger partial charge in [0.15, 0.2) is 0 Å². The average Bonchev–Trinajstić information content (AvgIpc) is 2.55. The molecule has 0 saturated carbocycles. The molecule has 0 fully saturated rings. The van der Waals surface area contributed by atoms with Crippen LogP contribution in [-0.4, -0.2) is 48.4 Å². The molecule has 1 rings (SSSR count). The fourth-order valence-corrected chi connectivity index (χ4v) is 2.31. The number of carbonyl (C=O) groups excluding carboxylic acids is 2. The van der Waals surface area contributed by atoms with Crippen LogP contribution in [0.1, 0.15) is 65.2 Å². The third kappa shape index (κ3) is 10.3. The van der Waals surface area contributed by atoms with Gasteiger partial charge in [-0.1, -0.05) is 6.92 Å². The molecule has 0 unspecified atom stereocenters. The zero-order valence-corrected chi connectivity index (χ0v) is 18.3. The molecule has 6 nitrogen and oxygen atoms in total. The van der Waals surface area contributed by atoms with Crippen molar-refractivity contribution in [2.45, 2.75) is 60.5 Å². The molecule has 0 heterocycles. The fraction of sp³-hybridized carbons (Fsp3) is 0.619.